The molecule has 1 heterocycles. The van der Waals surface area contributed by atoms with Crippen LogP contribution in [0.15, 0.2) is 72.9 Å². The second-order valence-electron chi connectivity index (χ2n) is 6.31. The van der Waals surface area contributed by atoms with Crippen molar-refractivity contribution in [1.29, 1.82) is 0 Å². The Balaban J connectivity index is 1.49. The number of hydrogen-bond donors (Lipinski definition) is 2. The fourth-order valence-electron chi connectivity index (χ4n) is 2.68. The lowest BCUT2D eigenvalue weighted by Gasteiger charge is -2.13. The maximum Gasteiger partial charge on any atom is 0.342 e. The topological polar surface area (TPSA) is 98.8 Å². The molecule has 0 aliphatic heterocycles. The number of esters is 1. The zero-order chi connectivity index (χ0) is 21.9. The van der Waals surface area contributed by atoms with E-state index in [1.807, 2.05) is 42.5 Å². The van der Waals surface area contributed by atoms with Crippen molar-refractivity contribution in [2.24, 2.45) is 0 Å². The molecule has 0 saturated carbocycles. The van der Waals surface area contributed by atoms with Gasteiger partial charge in [0, 0.05) is 6.20 Å². The summed E-state index contributed by atoms with van der Waals surface area (Å²) in [6.45, 7) is 0.186. The van der Waals surface area contributed by atoms with E-state index in [-0.39, 0.29) is 5.56 Å². The third-order valence-corrected chi connectivity index (χ3v) is 4.16. The van der Waals surface area contributed by atoms with E-state index in [4.69, 9.17) is 14.2 Å². The SMILES string of the molecule is COc1ccccc1Nc1ncccc1C(=O)OCC(=O)NCCOc1ccccc1. The third-order valence-electron chi connectivity index (χ3n) is 4.16. The number of methoxy groups -OCH3 is 1. The van der Waals surface area contributed by atoms with E-state index in [2.05, 4.69) is 15.6 Å². The first-order valence-corrected chi connectivity index (χ1v) is 9.64. The number of aromatic nitrogens is 1. The van der Waals surface area contributed by atoms with Gasteiger partial charge in [0.1, 0.15) is 29.5 Å². The Bertz CT molecular complexity index is 1010. The zero-order valence-electron chi connectivity index (χ0n) is 17.0. The number of rotatable bonds is 10. The smallest absolute Gasteiger partial charge is 0.342 e. The molecule has 2 N–H and O–H groups in total. The van der Waals surface area contributed by atoms with Crippen LogP contribution in [0.5, 0.6) is 11.5 Å². The summed E-state index contributed by atoms with van der Waals surface area (Å²) < 4.78 is 15.9. The number of benzene rings is 2. The van der Waals surface area contributed by atoms with Gasteiger partial charge in [-0.05, 0) is 36.4 Å². The molecule has 8 nitrogen and oxygen atoms in total. The summed E-state index contributed by atoms with van der Waals surface area (Å²) in [6, 6.07) is 19.7. The summed E-state index contributed by atoms with van der Waals surface area (Å²) in [7, 11) is 1.55. The minimum atomic E-state index is -0.666. The maximum atomic E-state index is 12.5. The van der Waals surface area contributed by atoms with Gasteiger partial charge in [-0.3, -0.25) is 4.79 Å². The summed E-state index contributed by atoms with van der Waals surface area (Å²) >= 11 is 0. The Morgan fingerprint density at radius 3 is 2.55 bits per heavy atom. The number of hydrogen-bond acceptors (Lipinski definition) is 7. The number of carbonyl (C=O) groups excluding carboxylic acids is 2. The van der Waals surface area contributed by atoms with E-state index < -0.39 is 18.5 Å². The van der Waals surface area contributed by atoms with E-state index in [1.165, 1.54) is 0 Å². The monoisotopic (exact) mass is 421 g/mol. The second kappa shape index (κ2) is 11.2. The Morgan fingerprint density at radius 1 is 0.968 bits per heavy atom. The van der Waals surface area contributed by atoms with Gasteiger partial charge in [-0.15, -0.1) is 0 Å². The van der Waals surface area contributed by atoms with Gasteiger partial charge < -0.3 is 24.8 Å². The molecule has 0 unspecified atom stereocenters. The standard InChI is InChI=1S/C23H23N3O5/c1-29-20-12-6-5-11-19(20)26-22-18(10-7-13-25-22)23(28)31-16-21(27)24-14-15-30-17-8-3-2-4-9-17/h2-13H,14-16H2,1H3,(H,24,27)(H,25,26). The molecular formula is C23H23N3O5. The molecule has 160 valence electrons. The maximum absolute atomic E-state index is 12.5. The van der Waals surface area contributed by atoms with Gasteiger partial charge in [0.25, 0.3) is 5.91 Å². The quantitative estimate of drug-likeness (QED) is 0.383. The van der Waals surface area contributed by atoms with E-state index in [0.29, 0.717) is 30.4 Å². The molecule has 31 heavy (non-hydrogen) atoms. The van der Waals surface area contributed by atoms with Crippen molar-refractivity contribution in [3.8, 4) is 11.5 Å². The largest absolute Gasteiger partial charge is 0.495 e. The fourth-order valence-corrected chi connectivity index (χ4v) is 2.68. The average molecular weight is 421 g/mol. The van der Waals surface area contributed by atoms with Gasteiger partial charge in [0.2, 0.25) is 0 Å². The lowest BCUT2D eigenvalue weighted by molar-refractivity contribution is -0.124. The first-order chi connectivity index (χ1) is 15.2. The number of nitrogens with zero attached hydrogens (tertiary/aromatic N) is 1. The van der Waals surface area contributed by atoms with Crippen molar-refractivity contribution >= 4 is 23.4 Å². The number of pyridine rings is 1. The Labute approximate surface area is 180 Å². The number of nitrogens with one attached hydrogen (secondary N) is 2. The Morgan fingerprint density at radius 2 is 1.74 bits per heavy atom. The third kappa shape index (κ3) is 6.46. The average Bonchev–Trinajstić information content (AvgIpc) is 2.81. The van der Waals surface area contributed by atoms with Crippen LogP contribution in [-0.2, 0) is 9.53 Å². The molecule has 1 aromatic heterocycles. The van der Waals surface area contributed by atoms with Gasteiger partial charge in [-0.25, -0.2) is 9.78 Å². The molecule has 1 amide bonds. The number of carbonyl (C=O) groups is 2. The minimum absolute atomic E-state index is 0.202. The van der Waals surface area contributed by atoms with Crippen molar-refractivity contribution < 1.29 is 23.8 Å². The Hall–Kier alpha value is -4.07. The van der Waals surface area contributed by atoms with Crippen LogP contribution in [0.25, 0.3) is 0 Å². The normalized spacial score (nSPS) is 10.1. The van der Waals surface area contributed by atoms with Crippen molar-refractivity contribution in [2.75, 3.05) is 32.2 Å². The van der Waals surface area contributed by atoms with Crippen LogP contribution in [0.4, 0.5) is 11.5 Å². The van der Waals surface area contributed by atoms with Gasteiger partial charge in [-0.1, -0.05) is 30.3 Å². The molecule has 0 aliphatic rings. The summed E-state index contributed by atoms with van der Waals surface area (Å²) in [5.41, 5.74) is 0.850. The lowest BCUT2D eigenvalue weighted by Crippen LogP contribution is -2.32. The predicted octanol–water partition coefficient (Wildman–Crippen LogP) is 3.19. The predicted molar refractivity (Wildman–Crippen MR) is 116 cm³/mol. The van der Waals surface area contributed by atoms with Crippen LogP contribution in [-0.4, -0.2) is 43.7 Å². The number of anilines is 2. The second-order valence-corrected chi connectivity index (χ2v) is 6.31. The zero-order valence-corrected chi connectivity index (χ0v) is 17.0. The van der Waals surface area contributed by atoms with Gasteiger partial charge in [0.15, 0.2) is 6.61 Å². The van der Waals surface area contributed by atoms with Crippen molar-refractivity contribution in [3.63, 3.8) is 0 Å². The van der Waals surface area contributed by atoms with Crippen molar-refractivity contribution in [2.45, 2.75) is 0 Å². The van der Waals surface area contributed by atoms with E-state index in [1.54, 1.807) is 37.6 Å². The highest BCUT2D eigenvalue weighted by Gasteiger charge is 2.16. The molecule has 8 heteroatoms. The van der Waals surface area contributed by atoms with E-state index in [9.17, 15) is 9.59 Å². The van der Waals surface area contributed by atoms with Crippen LogP contribution in [0, 0.1) is 0 Å². The van der Waals surface area contributed by atoms with Gasteiger partial charge in [0.05, 0.1) is 19.3 Å². The summed E-state index contributed by atoms with van der Waals surface area (Å²) in [6.07, 6.45) is 1.55. The molecule has 0 atom stereocenters. The molecule has 0 saturated heterocycles. The van der Waals surface area contributed by atoms with Crippen LogP contribution in [0.1, 0.15) is 10.4 Å². The molecule has 0 bridgehead atoms. The lowest BCUT2D eigenvalue weighted by atomic mass is 10.2. The molecule has 3 rings (SSSR count). The highest BCUT2D eigenvalue weighted by Crippen LogP contribution is 2.27. The summed E-state index contributed by atoms with van der Waals surface area (Å²) in [5, 5.41) is 5.70. The molecule has 0 spiro atoms. The minimum Gasteiger partial charge on any atom is -0.495 e. The molecular weight excluding hydrogens is 398 g/mol. The van der Waals surface area contributed by atoms with Crippen LogP contribution < -0.4 is 20.1 Å². The summed E-state index contributed by atoms with van der Waals surface area (Å²) in [4.78, 5) is 28.7. The molecule has 0 radical (unpaired) electrons. The van der Waals surface area contributed by atoms with E-state index >= 15 is 0 Å². The van der Waals surface area contributed by atoms with Crippen LogP contribution >= 0.6 is 0 Å². The Kier molecular flexibility index (Phi) is 7.82. The van der Waals surface area contributed by atoms with Gasteiger partial charge >= 0.3 is 5.97 Å². The first-order valence-electron chi connectivity index (χ1n) is 9.64. The number of amides is 1. The molecule has 3 aromatic rings. The summed E-state index contributed by atoms with van der Waals surface area (Å²) in [5.74, 6) is 0.530. The first kappa shape index (κ1) is 21.6. The highest BCUT2D eigenvalue weighted by atomic mass is 16.5. The van der Waals surface area contributed by atoms with E-state index in [0.717, 1.165) is 5.75 Å². The molecule has 0 fully saturated rings. The van der Waals surface area contributed by atoms with Crippen molar-refractivity contribution in [1.82, 2.24) is 10.3 Å². The van der Waals surface area contributed by atoms with Crippen LogP contribution in [0.3, 0.4) is 0 Å². The van der Waals surface area contributed by atoms with Crippen molar-refractivity contribution in [3.05, 3.63) is 78.5 Å². The fraction of sp³-hybridized carbons (Fsp3) is 0.174. The van der Waals surface area contributed by atoms with Crippen LogP contribution in [0.2, 0.25) is 0 Å². The molecule has 2 aromatic carbocycles. The number of para-hydroxylation sites is 3. The van der Waals surface area contributed by atoms with Gasteiger partial charge in [-0.2, -0.15) is 0 Å². The number of ether oxygens (including phenoxy) is 3. The highest BCUT2D eigenvalue weighted by molar-refractivity contribution is 5.96. The molecule has 0 aliphatic carbocycles.